The van der Waals surface area contributed by atoms with Crippen LogP contribution in [0.15, 0.2) is 36.4 Å². The van der Waals surface area contributed by atoms with Crippen molar-refractivity contribution in [2.75, 3.05) is 28.4 Å². The Kier molecular flexibility index (Phi) is 7.32. The van der Waals surface area contributed by atoms with Crippen molar-refractivity contribution in [2.45, 2.75) is 20.0 Å². The third kappa shape index (κ3) is 4.76. The fourth-order valence-electron chi connectivity index (χ4n) is 2.67. The summed E-state index contributed by atoms with van der Waals surface area (Å²) in [5.41, 5.74) is 1.16. The fourth-order valence-corrected chi connectivity index (χ4v) is 2.67. The average Bonchev–Trinajstić information content (AvgIpc) is 2.70. The maximum absolute atomic E-state index is 12.7. The Labute approximate surface area is 165 Å². The molecule has 28 heavy (non-hydrogen) atoms. The van der Waals surface area contributed by atoms with Gasteiger partial charge in [-0.2, -0.15) is 0 Å². The van der Waals surface area contributed by atoms with E-state index in [0.717, 1.165) is 5.56 Å². The zero-order valence-electron chi connectivity index (χ0n) is 17.1. The van der Waals surface area contributed by atoms with E-state index >= 15 is 0 Å². The monoisotopic (exact) mass is 386 g/mol. The topological polar surface area (TPSA) is 63.2 Å². The highest BCUT2D eigenvalue weighted by atomic mass is 16.5. The molecule has 6 nitrogen and oxygen atoms in total. The van der Waals surface area contributed by atoms with Crippen LogP contribution >= 0.6 is 0 Å². The summed E-state index contributed by atoms with van der Waals surface area (Å²) in [6.07, 6.45) is 3.14. The van der Waals surface area contributed by atoms with Crippen molar-refractivity contribution in [3.63, 3.8) is 0 Å². The van der Waals surface area contributed by atoms with E-state index in [1.165, 1.54) is 27.4 Å². The standard InChI is InChI=1S/C22H26O6/c1-14(2)28-21-15(8-7-9-18(21)24-3)10-11-17(23)16-12-19(25-4)22(27-6)20(13-16)26-5/h7-14H,1-6H3. The lowest BCUT2D eigenvalue weighted by Crippen LogP contribution is -2.08. The van der Waals surface area contributed by atoms with E-state index in [1.807, 2.05) is 32.0 Å². The van der Waals surface area contributed by atoms with E-state index in [4.69, 9.17) is 23.7 Å². The molecule has 2 rings (SSSR count). The van der Waals surface area contributed by atoms with Crippen LogP contribution in [0.1, 0.15) is 29.8 Å². The summed E-state index contributed by atoms with van der Waals surface area (Å²) in [5, 5.41) is 0. The number of benzene rings is 2. The van der Waals surface area contributed by atoms with Gasteiger partial charge in [0.2, 0.25) is 5.75 Å². The van der Waals surface area contributed by atoms with Crippen LogP contribution in [-0.2, 0) is 0 Å². The van der Waals surface area contributed by atoms with Crippen LogP contribution < -0.4 is 23.7 Å². The third-order valence-electron chi connectivity index (χ3n) is 3.95. The molecule has 0 fully saturated rings. The molecule has 2 aromatic rings. The third-order valence-corrected chi connectivity index (χ3v) is 3.95. The smallest absolute Gasteiger partial charge is 0.203 e. The Morgan fingerprint density at radius 3 is 1.96 bits per heavy atom. The molecule has 0 saturated carbocycles. The number of carbonyl (C=O) groups is 1. The first-order valence-electron chi connectivity index (χ1n) is 8.81. The maximum Gasteiger partial charge on any atom is 0.203 e. The minimum atomic E-state index is -0.211. The zero-order valence-corrected chi connectivity index (χ0v) is 17.1. The molecule has 0 bridgehead atoms. The number of ketones is 1. The van der Waals surface area contributed by atoms with E-state index in [0.29, 0.717) is 34.3 Å². The van der Waals surface area contributed by atoms with Crippen molar-refractivity contribution in [1.29, 1.82) is 0 Å². The number of hydrogen-bond acceptors (Lipinski definition) is 6. The molecule has 0 unspecified atom stereocenters. The Balaban J connectivity index is 2.39. The summed E-state index contributed by atoms with van der Waals surface area (Å²) in [4.78, 5) is 12.7. The van der Waals surface area contributed by atoms with E-state index in [1.54, 1.807) is 25.3 Å². The van der Waals surface area contributed by atoms with Gasteiger partial charge in [-0.15, -0.1) is 0 Å². The number of carbonyl (C=O) groups excluding carboxylic acids is 1. The Morgan fingerprint density at radius 2 is 1.46 bits per heavy atom. The van der Waals surface area contributed by atoms with Crippen molar-refractivity contribution < 1.29 is 28.5 Å². The van der Waals surface area contributed by atoms with Gasteiger partial charge in [0.15, 0.2) is 28.8 Å². The van der Waals surface area contributed by atoms with Gasteiger partial charge in [0, 0.05) is 11.1 Å². The number of allylic oxidation sites excluding steroid dienone is 1. The molecule has 0 aliphatic rings. The van der Waals surface area contributed by atoms with Gasteiger partial charge in [0.1, 0.15) is 0 Å². The van der Waals surface area contributed by atoms with Crippen LogP contribution in [0.25, 0.3) is 6.08 Å². The summed E-state index contributed by atoms with van der Waals surface area (Å²) < 4.78 is 27.1. The molecule has 0 heterocycles. The Bertz CT molecular complexity index is 829. The molecule has 0 saturated heterocycles. The largest absolute Gasteiger partial charge is 0.493 e. The molecule has 0 aliphatic carbocycles. The number of ether oxygens (including phenoxy) is 5. The summed E-state index contributed by atoms with van der Waals surface area (Å²) in [6, 6.07) is 8.75. The Hall–Kier alpha value is -3.15. The lowest BCUT2D eigenvalue weighted by molar-refractivity contribution is 0.104. The molecular weight excluding hydrogens is 360 g/mol. The molecule has 0 radical (unpaired) electrons. The molecule has 0 spiro atoms. The second-order valence-corrected chi connectivity index (χ2v) is 6.16. The van der Waals surface area contributed by atoms with Crippen LogP contribution in [0.3, 0.4) is 0 Å². The average molecular weight is 386 g/mol. The van der Waals surface area contributed by atoms with Gasteiger partial charge in [-0.05, 0) is 44.2 Å². The van der Waals surface area contributed by atoms with Crippen molar-refractivity contribution in [3.8, 4) is 28.7 Å². The van der Waals surface area contributed by atoms with E-state index in [2.05, 4.69) is 0 Å². The summed E-state index contributed by atoms with van der Waals surface area (Å²) in [7, 11) is 6.11. The van der Waals surface area contributed by atoms with Crippen LogP contribution in [-0.4, -0.2) is 40.3 Å². The van der Waals surface area contributed by atoms with Gasteiger partial charge < -0.3 is 23.7 Å². The number of methoxy groups -OCH3 is 4. The Morgan fingerprint density at radius 1 is 0.857 bits per heavy atom. The molecule has 0 atom stereocenters. The van der Waals surface area contributed by atoms with Crippen molar-refractivity contribution in [2.24, 2.45) is 0 Å². The van der Waals surface area contributed by atoms with Crippen LogP contribution in [0, 0.1) is 0 Å². The van der Waals surface area contributed by atoms with E-state index in [9.17, 15) is 4.79 Å². The minimum Gasteiger partial charge on any atom is -0.493 e. The SMILES string of the molecule is COc1cccc(C=CC(=O)c2cc(OC)c(OC)c(OC)c2)c1OC(C)C. The van der Waals surface area contributed by atoms with Gasteiger partial charge in [-0.3, -0.25) is 4.79 Å². The normalized spacial score (nSPS) is 10.8. The quantitative estimate of drug-likeness (QED) is 0.470. The first-order valence-corrected chi connectivity index (χ1v) is 8.81. The molecule has 2 aromatic carbocycles. The zero-order chi connectivity index (χ0) is 20.7. The molecule has 0 aromatic heterocycles. The van der Waals surface area contributed by atoms with Gasteiger partial charge >= 0.3 is 0 Å². The van der Waals surface area contributed by atoms with Crippen molar-refractivity contribution >= 4 is 11.9 Å². The molecular formula is C22H26O6. The predicted octanol–water partition coefficient (Wildman–Crippen LogP) is 4.40. The minimum absolute atomic E-state index is 0.0331. The van der Waals surface area contributed by atoms with Gasteiger partial charge in [-0.1, -0.05) is 12.1 Å². The second kappa shape index (κ2) is 9.69. The number of hydrogen-bond donors (Lipinski definition) is 0. The van der Waals surface area contributed by atoms with E-state index < -0.39 is 0 Å². The van der Waals surface area contributed by atoms with Gasteiger partial charge in [0.05, 0.1) is 34.5 Å². The summed E-state index contributed by atoms with van der Waals surface area (Å²) in [5.74, 6) is 2.26. The van der Waals surface area contributed by atoms with Gasteiger partial charge in [0.25, 0.3) is 0 Å². The first-order chi connectivity index (χ1) is 13.4. The van der Waals surface area contributed by atoms with Crippen molar-refractivity contribution in [3.05, 3.63) is 47.5 Å². The van der Waals surface area contributed by atoms with Crippen LogP contribution in [0.5, 0.6) is 28.7 Å². The highest BCUT2D eigenvalue weighted by Crippen LogP contribution is 2.38. The highest BCUT2D eigenvalue weighted by Gasteiger charge is 2.16. The molecule has 0 amide bonds. The number of rotatable bonds is 9. The maximum atomic E-state index is 12.7. The molecule has 6 heteroatoms. The van der Waals surface area contributed by atoms with Gasteiger partial charge in [-0.25, -0.2) is 0 Å². The summed E-state index contributed by atoms with van der Waals surface area (Å²) in [6.45, 7) is 3.86. The molecule has 150 valence electrons. The fraction of sp³-hybridized carbons (Fsp3) is 0.318. The first kappa shape index (κ1) is 21.2. The molecule has 0 aliphatic heterocycles. The van der Waals surface area contributed by atoms with Crippen molar-refractivity contribution in [1.82, 2.24) is 0 Å². The predicted molar refractivity (Wildman–Crippen MR) is 108 cm³/mol. The van der Waals surface area contributed by atoms with Crippen LogP contribution in [0.2, 0.25) is 0 Å². The van der Waals surface area contributed by atoms with E-state index in [-0.39, 0.29) is 11.9 Å². The lowest BCUT2D eigenvalue weighted by atomic mass is 10.1. The van der Waals surface area contributed by atoms with Crippen LogP contribution in [0.4, 0.5) is 0 Å². The molecule has 0 N–H and O–H groups in total. The lowest BCUT2D eigenvalue weighted by Gasteiger charge is -2.16. The second-order valence-electron chi connectivity index (χ2n) is 6.16. The highest BCUT2D eigenvalue weighted by molar-refractivity contribution is 6.07. The summed E-state index contributed by atoms with van der Waals surface area (Å²) >= 11 is 0. The number of para-hydroxylation sites is 1.